The predicted molar refractivity (Wildman–Crippen MR) is 94.2 cm³/mol. The first-order chi connectivity index (χ1) is 12.2. The first-order valence-electron chi connectivity index (χ1n) is 9.45. The molecule has 1 aliphatic carbocycles. The Balaban J connectivity index is 1.33. The molecule has 1 N–H and O–H groups in total. The maximum Gasteiger partial charge on any atom is 0.407 e. The van der Waals surface area contributed by atoms with Gasteiger partial charge in [-0.15, -0.1) is 0 Å². The molecule has 3 aliphatic rings. The lowest BCUT2D eigenvalue weighted by atomic mass is 10.00. The molecule has 0 radical (unpaired) electrons. The minimum atomic E-state index is -0.405. The standard InChI is InChI=1S/C20H26N2O3/c1-2-13-5-7-14(8-6-13)18-16-11-22(12-17(16)18)19(23)15-4-3-9-25-20(24)21-10-15/h5-8,15-18H,2-4,9-12H2,1H3,(H,21,24)/t15-,16-,17+,18+/m1/s1. The summed E-state index contributed by atoms with van der Waals surface area (Å²) in [6, 6.07) is 8.98. The van der Waals surface area contributed by atoms with Gasteiger partial charge in [-0.05, 0) is 48.1 Å². The minimum absolute atomic E-state index is 0.104. The third-order valence-electron chi connectivity index (χ3n) is 6.05. The first kappa shape index (κ1) is 16.4. The van der Waals surface area contributed by atoms with Crippen molar-refractivity contribution in [2.75, 3.05) is 26.2 Å². The number of hydrogen-bond acceptors (Lipinski definition) is 3. The SMILES string of the molecule is CCc1ccc([C@H]2[C@@H]3CN(C(=O)[C@@H]4CCCOC(=O)NC4)C[C@@H]32)cc1. The summed E-state index contributed by atoms with van der Waals surface area (Å²) in [5.74, 6) is 1.95. The molecule has 2 heterocycles. The lowest BCUT2D eigenvalue weighted by Crippen LogP contribution is -2.43. The lowest BCUT2D eigenvalue weighted by Gasteiger charge is -2.27. The predicted octanol–water partition coefficient (Wildman–Crippen LogP) is 2.56. The van der Waals surface area contributed by atoms with E-state index in [1.807, 2.05) is 4.90 Å². The molecule has 0 bridgehead atoms. The molecule has 5 heteroatoms. The van der Waals surface area contributed by atoms with E-state index in [4.69, 9.17) is 4.74 Å². The number of ether oxygens (including phenoxy) is 1. The number of nitrogens with one attached hydrogen (secondary N) is 1. The third-order valence-corrected chi connectivity index (χ3v) is 6.05. The van der Waals surface area contributed by atoms with Gasteiger partial charge >= 0.3 is 6.09 Å². The highest BCUT2D eigenvalue weighted by Crippen LogP contribution is 2.58. The molecule has 2 aliphatic heterocycles. The zero-order valence-corrected chi connectivity index (χ0v) is 14.7. The first-order valence-corrected chi connectivity index (χ1v) is 9.45. The average molecular weight is 342 g/mol. The van der Waals surface area contributed by atoms with Gasteiger partial charge in [-0.3, -0.25) is 4.79 Å². The Kier molecular flexibility index (Phi) is 4.40. The summed E-state index contributed by atoms with van der Waals surface area (Å²) in [7, 11) is 0. The van der Waals surface area contributed by atoms with Crippen LogP contribution in [-0.4, -0.2) is 43.1 Å². The summed E-state index contributed by atoms with van der Waals surface area (Å²) in [6.07, 6.45) is 2.21. The number of likely N-dealkylation sites (tertiary alicyclic amines) is 1. The summed E-state index contributed by atoms with van der Waals surface area (Å²) in [6.45, 7) is 4.70. The van der Waals surface area contributed by atoms with Gasteiger partial charge in [0.1, 0.15) is 0 Å². The highest BCUT2D eigenvalue weighted by Gasteiger charge is 2.57. The zero-order chi connectivity index (χ0) is 17.4. The zero-order valence-electron chi connectivity index (χ0n) is 14.7. The van der Waals surface area contributed by atoms with Crippen LogP contribution in [0.2, 0.25) is 0 Å². The van der Waals surface area contributed by atoms with Crippen molar-refractivity contribution in [1.29, 1.82) is 0 Å². The highest BCUT2D eigenvalue weighted by molar-refractivity contribution is 5.80. The summed E-state index contributed by atoms with van der Waals surface area (Å²) < 4.78 is 4.97. The number of carbonyl (C=O) groups excluding carboxylic acids is 2. The molecule has 0 unspecified atom stereocenters. The maximum absolute atomic E-state index is 12.8. The van der Waals surface area contributed by atoms with Crippen LogP contribution in [0.5, 0.6) is 0 Å². The third kappa shape index (κ3) is 3.24. The second kappa shape index (κ2) is 6.70. The van der Waals surface area contributed by atoms with Crippen molar-refractivity contribution >= 4 is 12.0 Å². The van der Waals surface area contributed by atoms with Gasteiger partial charge in [-0.1, -0.05) is 31.2 Å². The van der Waals surface area contributed by atoms with E-state index in [0.29, 0.717) is 30.9 Å². The molecule has 3 fully saturated rings. The number of hydrogen-bond donors (Lipinski definition) is 1. The summed E-state index contributed by atoms with van der Waals surface area (Å²) in [5.41, 5.74) is 2.80. The van der Waals surface area contributed by atoms with E-state index >= 15 is 0 Å². The molecule has 0 spiro atoms. The van der Waals surface area contributed by atoms with Gasteiger partial charge in [-0.2, -0.15) is 0 Å². The van der Waals surface area contributed by atoms with Gasteiger partial charge in [0.2, 0.25) is 5.91 Å². The number of rotatable bonds is 3. The van der Waals surface area contributed by atoms with Crippen LogP contribution in [0.25, 0.3) is 0 Å². The summed E-state index contributed by atoms with van der Waals surface area (Å²) in [4.78, 5) is 26.2. The van der Waals surface area contributed by atoms with Crippen LogP contribution in [-0.2, 0) is 16.0 Å². The van der Waals surface area contributed by atoms with E-state index in [9.17, 15) is 9.59 Å². The van der Waals surface area contributed by atoms with Crippen molar-refractivity contribution in [1.82, 2.24) is 10.2 Å². The van der Waals surface area contributed by atoms with Gasteiger partial charge < -0.3 is 15.0 Å². The summed E-state index contributed by atoms with van der Waals surface area (Å²) in [5, 5.41) is 2.70. The van der Waals surface area contributed by atoms with Crippen molar-refractivity contribution in [3.05, 3.63) is 35.4 Å². The van der Waals surface area contributed by atoms with Crippen molar-refractivity contribution in [2.45, 2.75) is 32.1 Å². The van der Waals surface area contributed by atoms with Gasteiger partial charge in [0.25, 0.3) is 0 Å². The fraction of sp³-hybridized carbons (Fsp3) is 0.600. The number of benzene rings is 1. The molecular weight excluding hydrogens is 316 g/mol. The summed E-state index contributed by atoms with van der Waals surface area (Å²) >= 11 is 0. The smallest absolute Gasteiger partial charge is 0.407 e. The second-order valence-corrected chi connectivity index (χ2v) is 7.55. The number of amides is 2. The van der Waals surface area contributed by atoms with E-state index in [2.05, 4.69) is 36.5 Å². The fourth-order valence-corrected chi connectivity index (χ4v) is 4.50. The Morgan fingerprint density at radius 1 is 1.24 bits per heavy atom. The second-order valence-electron chi connectivity index (χ2n) is 7.55. The van der Waals surface area contributed by atoms with Crippen LogP contribution in [0.15, 0.2) is 24.3 Å². The largest absolute Gasteiger partial charge is 0.450 e. The Bertz CT molecular complexity index is 645. The van der Waals surface area contributed by atoms with E-state index in [1.165, 1.54) is 11.1 Å². The molecule has 4 atom stereocenters. The van der Waals surface area contributed by atoms with Crippen molar-refractivity contribution < 1.29 is 14.3 Å². The van der Waals surface area contributed by atoms with Crippen LogP contribution in [0.4, 0.5) is 4.79 Å². The Labute approximate surface area is 148 Å². The van der Waals surface area contributed by atoms with Crippen LogP contribution in [0, 0.1) is 17.8 Å². The van der Waals surface area contributed by atoms with Crippen LogP contribution >= 0.6 is 0 Å². The molecule has 134 valence electrons. The van der Waals surface area contributed by atoms with E-state index in [-0.39, 0.29) is 11.8 Å². The maximum atomic E-state index is 12.8. The van der Waals surface area contributed by atoms with Gasteiger partial charge in [0, 0.05) is 19.6 Å². The normalized spacial score (nSPS) is 31.4. The lowest BCUT2D eigenvalue weighted by molar-refractivity contribution is -0.135. The molecule has 2 amide bonds. The molecule has 1 aromatic rings. The highest BCUT2D eigenvalue weighted by atomic mass is 16.5. The number of alkyl carbamates (subject to hydrolysis) is 1. The molecule has 1 saturated carbocycles. The van der Waals surface area contributed by atoms with Crippen LogP contribution < -0.4 is 5.32 Å². The average Bonchev–Trinajstić information content (AvgIpc) is 3.11. The Morgan fingerprint density at radius 3 is 2.64 bits per heavy atom. The quantitative estimate of drug-likeness (QED) is 0.918. The monoisotopic (exact) mass is 342 g/mol. The molecule has 2 saturated heterocycles. The van der Waals surface area contributed by atoms with Crippen molar-refractivity contribution in [2.24, 2.45) is 17.8 Å². The Hall–Kier alpha value is -2.04. The Morgan fingerprint density at radius 2 is 1.96 bits per heavy atom. The number of fused-ring (bicyclic) bond motifs is 1. The topological polar surface area (TPSA) is 58.6 Å². The van der Waals surface area contributed by atoms with E-state index in [0.717, 1.165) is 32.4 Å². The molecule has 4 rings (SSSR count). The van der Waals surface area contributed by atoms with Crippen molar-refractivity contribution in [3.8, 4) is 0 Å². The van der Waals surface area contributed by atoms with Crippen molar-refractivity contribution in [3.63, 3.8) is 0 Å². The van der Waals surface area contributed by atoms with Gasteiger partial charge in [0.05, 0.1) is 12.5 Å². The van der Waals surface area contributed by atoms with Gasteiger partial charge in [-0.25, -0.2) is 4.79 Å². The van der Waals surface area contributed by atoms with E-state index < -0.39 is 6.09 Å². The minimum Gasteiger partial charge on any atom is -0.450 e. The van der Waals surface area contributed by atoms with Crippen LogP contribution in [0.1, 0.15) is 36.8 Å². The number of aryl methyl sites for hydroxylation is 1. The number of piperidine rings is 1. The number of carbonyl (C=O) groups is 2. The van der Waals surface area contributed by atoms with E-state index in [1.54, 1.807) is 0 Å². The molecule has 25 heavy (non-hydrogen) atoms. The fourth-order valence-electron chi connectivity index (χ4n) is 4.50. The van der Waals surface area contributed by atoms with Gasteiger partial charge in [0.15, 0.2) is 0 Å². The number of nitrogens with zero attached hydrogens (tertiary/aromatic N) is 1. The molecule has 1 aromatic carbocycles. The molecular formula is C20H26N2O3. The number of cyclic esters (lactones) is 1. The van der Waals surface area contributed by atoms with Crippen LogP contribution in [0.3, 0.4) is 0 Å². The molecule has 0 aromatic heterocycles. The molecule has 5 nitrogen and oxygen atoms in total.